The van der Waals surface area contributed by atoms with E-state index in [2.05, 4.69) is 24.9 Å². The molecular weight excluding hydrogens is 316 g/mol. The van der Waals surface area contributed by atoms with Crippen molar-refractivity contribution in [3.8, 4) is 11.5 Å². The summed E-state index contributed by atoms with van der Waals surface area (Å²) in [6.07, 6.45) is 0.982. The molecule has 0 bridgehead atoms. The minimum Gasteiger partial charge on any atom is -0.493 e. The highest BCUT2D eigenvalue weighted by Gasteiger charge is 2.26. The van der Waals surface area contributed by atoms with Gasteiger partial charge >= 0.3 is 0 Å². The third-order valence-electron chi connectivity index (χ3n) is 4.62. The number of rotatable bonds is 7. The molecule has 0 aliphatic carbocycles. The van der Waals surface area contributed by atoms with Gasteiger partial charge in [-0.15, -0.1) is 0 Å². The number of methoxy groups -OCH3 is 1. The van der Waals surface area contributed by atoms with E-state index in [4.69, 9.17) is 9.47 Å². The minimum atomic E-state index is 0.166. The number of likely N-dealkylation sites (tertiary alicyclic amines) is 1. The maximum Gasteiger partial charge on any atom is 0.219 e. The van der Waals surface area contributed by atoms with Crippen LogP contribution >= 0.6 is 0 Å². The third-order valence-corrected chi connectivity index (χ3v) is 4.62. The van der Waals surface area contributed by atoms with Gasteiger partial charge in [0.25, 0.3) is 0 Å². The average Bonchev–Trinajstić information content (AvgIpc) is 2.58. The number of piperidine rings is 1. The Morgan fingerprint density at radius 1 is 1.36 bits per heavy atom. The molecule has 1 fully saturated rings. The number of benzene rings is 1. The maximum absolute atomic E-state index is 11.5. The van der Waals surface area contributed by atoms with Crippen LogP contribution < -0.4 is 14.8 Å². The van der Waals surface area contributed by atoms with Crippen LogP contribution in [0.25, 0.3) is 0 Å². The van der Waals surface area contributed by atoms with E-state index in [1.807, 2.05) is 24.0 Å². The fraction of sp³-hybridized carbons (Fsp3) is 0.550. The SMILES string of the molecule is C=C(C)COc1cc(CNC2CCN(C(C)=O)CC2C)ccc1OC. The number of nitrogens with zero attached hydrogens (tertiary/aromatic N) is 1. The van der Waals surface area contributed by atoms with Gasteiger partial charge in [-0.2, -0.15) is 0 Å². The second kappa shape index (κ2) is 8.90. The van der Waals surface area contributed by atoms with Crippen LogP contribution in [-0.4, -0.2) is 43.7 Å². The van der Waals surface area contributed by atoms with Crippen LogP contribution in [0.15, 0.2) is 30.4 Å². The number of hydrogen-bond donors (Lipinski definition) is 1. The van der Waals surface area contributed by atoms with E-state index >= 15 is 0 Å². The van der Waals surface area contributed by atoms with Gasteiger partial charge in [-0.25, -0.2) is 0 Å². The number of hydrogen-bond acceptors (Lipinski definition) is 4. The highest BCUT2D eigenvalue weighted by atomic mass is 16.5. The second-order valence-corrected chi connectivity index (χ2v) is 6.95. The topological polar surface area (TPSA) is 50.8 Å². The van der Waals surface area contributed by atoms with Crippen LogP contribution in [0, 0.1) is 5.92 Å². The summed E-state index contributed by atoms with van der Waals surface area (Å²) in [6.45, 7) is 12.5. The molecule has 1 amide bonds. The standard InChI is InChI=1S/C20H30N2O3/c1-14(2)13-25-20-10-17(6-7-19(20)24-5)11-21-18-8-9-22(16(4)23)12-15(18)3/h6-7,10,15,18,21H,1,8-9,11-13H2,2-5H3. The van der Waals surface area contributed by atoms with Crippen molar-refractivity contribution in [1.29, 1.82) is 0 Å². The van der Waals surface area contributed by atoms with Gasteiger partial charge < -0.3 is 19.7 Å². The molecule has 0 saturated carbocycles. The quantitative estimate of drug-likeness (QED) is 0.771. The van der Waals surface area contributed by atoms with Gasteiger partial charge in [-0.3, -0.25) is 4.79 Å². The molecule has 0 radical (unpaired) electrons. The largest absolute Gasteiger partial charge is 0.493 e. The van der Waals surface area contributed by atoms with Crippen LogP contribution in [-0.2, 0) is 11.3 Å². The molecule has 1 saturated heterocycles. The molecule has 2 unspecified atom stereocenters. The van der Waals surface area contributed by atoms with Crippen molar-refractivity contribution < 1.29 is 14.3 Å². The predicted octanol–water partition coefficient (Wildman–Crippen LogP) is 3.00. The molecule has 5 heteroatoms. The maximum atomic E-state index is 11.5. The molecule has 5 nitrogen and oxygen atoms in total. The van der Waals surface area contributed by atoms with Crippen LogP contribution in [0.1, 0.15) is 32.8 Å². The fourth-order valence-electron chi connectivity index (χ4n) is 3.13. The zero-order valence-corrected chi connectivity index (χ0v) is 15.8. The van der Waals surface area contributed by atoms with Gasteiger partial charge in [0.15, 0.2) is 11.5 Å². The van der Waals surface area contributed by atoms with Gasteiger partial charge in [-0.1, -0.05) is 19.6 Å². The van der Waals surface area contributed by atoms with E-state index in [-0.39, 0.29) is 5.91 Å². The normalized spacial score (nSPS) is 20.2. The Bertz CT molecular complexity index is 615. The van der Waals surface area contributed by atoms with Gasteiger partial charge in [0.1, 0.15) is 6.61 Å². The zero-order valence-electron chi connectivity index (χ0n) is 15.8. The molecule has 25 heavy (non-hydrogen) atoms. The first-order chi connectivity index (χ1) is 11.9. The van der Waals surface area contributed by atoms with E-state index < -0.39 is 0 Å². The summed E-state index contributed by atoms with van der Waals surface area (Å²) in [5, 5.41) is 3.62. The lowest BCUT2D eigenvalue weighted by atomic mass is 9.93. The summed E-state index contributed by atoms with van der Waals surface area (Å²) in [7, 11) is 1.64. The van der Waals surface area contributed by atoms with Crippen molar-refractivity contribution in [3.63, 3.8) is 0 Å². The number of amides is 1. The lowest BCUT2D eigenvalue weighted by Crippen LogP contribution is -2.49. The summed E-state index contributed by atoms with van der Waals surface area (Å²) in [4.78, 5) is 13.4. The number of carbonyl (C=O) groups excluding carboxylic acids is 1. The number of ether oxygens (including phenoxy) is 2. The monoisotopic (exact) mass is 346 g/mol. The third kappa shape index (κ3) is 5.49. The van der Waals surface area contributed by atoms with Crippen LogP contribution in [0.3, 0.4) is 0 Å². The molecule has 0 aromatic heterocycles. The van der Waals surface area contributed by atoms with E-state index in [0.717, 1.165) is 48.7 Å². The number of carbonyl (C=O) groups is 1. The molecule has 1 aliphatic rings. The van der Waals surface area contributed by atoms with Gasteiger partial charge in [-0.05, 0) is 42.5 Å². The lowest BCUT2D eigenvalue weighted by Gasteiger charge is -2.37. The molecular formula is C20H30N2O3. The van der Waals surface area contributed by atoms with E-state index in [0.29, 0.717) is 18.6 Å². The number of nitrogens with one attached hydrogen (secondary N) is 1. The first-order valence-corrected chi connectivity index (χ1v) is 8.83. The summed E-state index contributed by atoms with van der Waals surface area (Å²) < 4.78 is 11.2. The fourth-order valence-corrected chi connectivity index (χ4v) is 3.13. The van der Waals surface area contributed by atoms with E-state index in [1.165, 1.54) is 0 Å². The molecule has 2 rings (SSSR count). The Morgan fingerprint density at radius 3 is 2.72 bits per heavy atom. The summed E-state index contributed by atoms with van der Waals surface area (Å²) in [5.74, 6) is 2.08. The molecule has 1 aromatic carbocycles. The van der Waals surface area contributed by atoms with Crippen LogP contribution in [0.2, 0.25) is 0 Å². The average molecular weight is 346 g/mol. The first kappa shape index (κ1) is 19.3. The molecule has 1 N–H and O–H groups in total. The summed E-state index contributed by atoms with van der Waals surface area (Å²) in [5.41, 5.74) is 2.12. The van der Waals surface area contributed by atoms with Crippen molar-refractivity contribution in [1.82, 2.24) is 10.2 Å². The molecule has 138 valence electrons. The molecule has 1 aliphatic heterocycles. The van der Waals surface area contributed by atoms with Crippen LogP contribution in [0.5, 0.6) is 11.5 Å². The summed E-state index contributed by atoms with van der Waals surface area (Å²) >= 11 is 0. The molecule has 1 aromatic rings. The Morgan fingerprint density at radius 2 is 2.12 bits per heavy atom. The lowest BCUT2D eigenvalue weighted by molar-refractivity contribution is -0.130. The van der Waals surface area contributed by atoms with Crippen LogP contribution in [0.4, 0.5) is 0 Å². The van der Waals surface area contributed by atoms with Gasteiger partial charge in [0.05, 0.1) is 7.11 Å². The van der Waals surface area contributed by atoms with Gasteiger partial charge in [0, 0.05) is 32.6 Å². The molecule has 0 spiro atoms. The molecule has 1 heterocycles. The van der Waals surface area contributed by atoms with Crippen molar-refractivity contribution in [2.45, 2.75) is 39.8 Å². The Hall–Kier alpha value is -2.01. The highest BCUT2D eigenvalue weighted by molar-refractivity contribution is 5.73. The Labute approximate surface area is 151 Å². The highest BCUT2D eigenvalue weighted by Crippen LogP contribution is 2.28. The van der Waals surface area contributed by atoms with Crippen molar-refractivity contribution in [2.75, 3.05) is 26.8 Å². The minimum absolute atomic E-state index is 0.166. The van der Waals surface area contributed by atoms with Crippen molar-refractivity contribution >= 4 is 5.91 Å². The van der Waals surface area contributed by atoms with E-state index in [9.17, 15) is 4.79 Å². The Kier molecular flexibility index (Phi) is 6.88. The van der Waals surface area contributed by atoms with Crippen molar-refractivity contribution in [2.24, 2.45) is 5.92 Å². The summed E-state index contributed by atoms with van der Waals surface area (Å²) in [6, 6.07) is 6.42. The molecule has 2 atom stereocenters. The zero-order chi connectivity index (χ0) is 18.4. The predicted molar refractivity (Wildman–Crippen MR) is 100.0 cm³/mol. The van der Waals surface area contributed by atoms with Crippen molar-refractivity contribution in [3.05, 3.63) is 35.9 Å². The van der Waals surface area contributed by atoms with Gasteiger partial charge in [0.2, 0.25) is 5.91 Å². The first-order valence-electron chi connectivity index (χ1n) is 8.83. The van der Waals surface area contributed by atoms with E-state index in [1.54, 1.807) is 14.0 Å². The smallest absolute Gasteiger partial charge is 0.219 e. The second-order valence-electron chi connectivity index (χ2n) is 6.95. The Balaban J connectivity index is 1.95.